The molecule has 3 heterocycles. The average Bonchev–Trinajstić information content (AvgIpc) is 2.66. The number of rotatable bonds is 5. The summed E-state index contributed by atoms with van der Waals surface area (Å²) in [4.78, 5) is 16.0. The number of anilines is 1. The van der Waals surface area contributed by atoms with Crippen molar-refractivity contribution in [2.24, 2.45) is 0 Å². The minimum absolute atomic E-state index is 0.145. The molecule has 2 aromatic heterocycles. The summed E-state index contributed by atoms with van der Waals surface area (Å²) in [7, 11) is 0. The summed E-state index contributed by atoms with van der Waals surface area (Å²) in [6.07, 6.45) is 0.408. The summed E-state index contributed by atoms with van der Waals surface area (Å²) in [5.41, 5.74) is 1.67. The molecule has 0 atom stereocenters. The largest absolute Gasteiger partial charge is 0.451 e. The average molecular weight is 394 g/mol. The Balaban J connectivity index is 1.81. The zero-order valence-electron chi connectivity index (χ0n) is 16.3. The molecule has 2 N–H and O–H groups in total. The van der Waals surface area contributed by atoms with Gasteiger partial charge in [0.05, 0.1) is 5.69 Å². The Kier molecular flexibility index (Phi) is 5.83. The van der Waals surface area contributed by atoms with Gasteiger partial charge in [-0.15, -0.1) is 0 Å². The van der Waals surface area contributed by atoms with E-state index in [1.54, 1.807) is 0 Å². The second-order valence-electron chi connectivity index (χ2n) is 7.74. The highest BCUT2D eigenvalue weighted by atomic mass is 19.4. The predicted molar refractivity (Wildman–Crippen MR) is 100 cm³/mol. The van der Waals surface area contributed by atoms with Gasteiger partial charge in [-0.05, 0) is 44.5 Å². The molecule has 0 aliphatic carbocycles. The van der Waals surface area contributed by atoms with Gasteiger partial charge < -0.3 is 10.6 Å². The lowest BCUT2D eigenvalue weighted by Gasteiger charge is -2.31. The van der Waals surface area contributed by atoms with Crippen LogP contribution < -0.4 is 10.6 Å². The maximum absolute atomic E-state index is 12.8. The van der Waals surface area contributed by atoms with Crippen molar-refractivity contribution >= 4 is 5.82 Å². The summed E-state index contributed by atoms with van der Waals surface area (Å²) in [6, 6.07) is 1.44. The summed E-state index contributed by atoms with van der Waals surface area (Å²) >= 11 is 0. The lowest BCUT2D eigenvalue weighted by molar-refractivity contribution is -0.144. The molecule has 0 bridgehead atoms. The van der Waals surface area contributed by atoms with Crippen molar-refractivity contribution in [1.82, 2.24) is 25.3 Å². The van der Waals surface area contributed by atoms with Crippen molar-refractivity contribution in [2.45, 2.75) is 51.1 Å². The highest BCUT2D eigenvalue weighted by Crippen LogP contribution is 2.34. The van der Waals surface area contributed by atoms with E-state index in [9.17, 15) is 13.2 Å². The molecule has 3 rings (SSSR count). The highest BCUT2D eigenvalue weighted by Gasteiger charge is 2.35. The van der Waals surface area contributed by atoms with Crippen LogP contribution in [-0.4, -0.2) is 39.6 Å². The fourth-order valence-corrected chi connectivity index (χ4v) is 3.42. The lowest BCUT2D eigenvalue weighted by Crippen LogP contribution is -2.33. The third kappa shape index (κ3) is 4.76. The number of hydrogen-bond acceptors (Lipinski definition) is 6. The van der Waals surface area contributed by atoms with Crippen LogP contribution in [0.3, 0.4) is 0 Å². The van der Waals surface area contributed by atoms with Gasteiger partial charge >= 0.3 is 6.18 Å². The fraction of sp³-hybridized carbons (Fsp3) is 0.579. The van der Waals surface area contributed by atoms with Gasteiger partial charge in [0.25, 0.3) is 0 Å². The molecule has 1 aliphatic rings. The first-order valence-corrected chi connectivity index (χ1v) is 9.36. The van der Waals surface area contributed by atoms with E-state index in [1.807, 2.05) is 27.0 Å². The molecular formula is C19H25F3N6. The van der Waals surface area contributed by atoms with Crippen molar-refractivity contribution in [2.75, 3.05) is 25.0 Å². The third-order valence-corrected chi connectivity index (χ3v) is 5.01. The van der Waals surface area contributed by atoms with Crippen LogP contribution in [0.25, 0.3) is 0 Å². The van der Waals surface area contributed by atoms with Crippen molar-refractivity contribution in [3.63, 3.8) is 0 Å². The van der Waals surface area contributed by atoms with Crippen molar-refractivity contribution in [1.29, 1.82) is 0 Å². The van der Waals surface area contributed by atoms with Gasteiger partial charge in [-0.2, -0.15) is 13.2 Å². The van der Waals surface area contributed by atoms with E-state index in [-0.39, 0.29) is 5.82 Å². The van der Waals surface area contributed by atoms with Crippen molar-refractivity contribution in [3.05, 3.63) is 41.4 Å². The molecule has 1 aliphatic heterocycles. The smallest absolute Gasteiger partial charge is 0.369 e. The predicted octanol–water partition coefficient (Wildman–Crippen LogP) is 3.45. The first-order valence-electron chi connectivity index (χ1n) is 9.36. The van der Waals surface area contributed by atoms with Crippen LogP contribution in [-0.2, 0) is 11.6 Å². The Morgan fingerprint density at radius 2 is 1.86 bits per heavy atom. The summed E-state index contributed by atoms with van der Waals surface area (Å²) < 4.78 is 38.5. The van der Waals surface area contributed by atoms with Crippen LogP contribution in [0.15, 0.2) is 18.5 Å². The summed E-state index contributed by atoms with van der Waals surface area (Å²) in [5.74, 6) is 0.0796. The molecule has 0 radical (unpaired) electrons. The normalized spacial score (nSPS) is 16.2. The Hall–Kier alpha value is -2.29. The van der Waals surface area contributed by atoms with E-state index in [1.165, 1.54) is 6.07 Å². The molecule has 9 heteroatoms. The number of nitrogens with zero attached hydrogens (tertiary/aromatic N) is 4. The molecule has 0 spiro atoms. The first kappa shape index (κ1) is 20.4. The van der Waals surface area contributed by atoms with Crippen LogP contribution in [0.2, 0.25) is 0 Å². The molecule has 6 nitrogen and oxygen atoms in total. The van der Waals surface area contributed by atoms with Gasteiger partial charge in [0.2, 0.25) is 5.82 Å². The third-order valence-electron chi connectivity index (χ3n) is 5.01. The minimum Gasteiger partial charge on any atom is -0.369 e. The number of aryl methyl sites for hydroxylation is 1. The number of nitrogens with one attached hydrogen (secondary N) is 2. The summed E-state index contributed by atoms with van der Waals surface area (Å²) in [5, 5.41) is 6.38. The standard InChI is InChI=1S/C19H25F3N6/c1-12-25-10-14(16(27-12)13-4-7-23-8-5-13)18(2,3)11-26-15-6-9-24-17(28-15)19(20,21)22/h6,9-10,13,23H,4-5,7-8,11H2,1-3H3,(H,24,26,28). The lowest BCUT2D eigenvalue weighted by atomic mass is 9.79. The Labute approximate surface area is 162 Å². The highest BCUT2D eigenvalue weighted by molar-refractivity contribution is 5.37. The molecule has 28 heavy (non-hydrogen) atoms. The SMILES string of the molecule is Cc1ncc(C(C)(C)CNc2ccnc(C(F)(F)F)n2)c(C2CCNCC2)n1. The van der Waals surface area contributed by atoms with Gasteiger partial charge in [0, 0.05) is 30.3 Å². The van der Waals surface area contributed by atoms with Crippen molar-refractivity contribution < 1.29 is 13.2 Å². The first-order chi connectivity index (χ1) is 13.2. The molecule has 1 saturated heterocycles. The van der Waals surface area contributed by atoms with Crippen LogP contribution in [0.1, 0.15) is 55.5 Å². The minimum atomic E-state index is -4.57. The zero-order valence-corrected chi connectivity index (χ0v) is 16.3. The maximum Gasteiger partial charge on any atom is 0.451 e. The molecule has 1 fully saturated rings. The van der Waals surface area contributed by atoms with E-state index in [0.717, 1.165) is 49.2 Å². The second-order valence-corrected chi connectivity index (χ2v) is 7.74. The Morgan fingerprint density at radius 1 is 1.14 bits per heavy atom. The van der Waals surface area contributed by atoms with Crippen LogP contribution in [0, 0.1) is 6.92 Å². The number of aromatic nitrogens is 4. The number of piperidine rings is 1. The van der Waals surface area contributed by atoms with E-state index < -0.39 is 17.4 Å². The van der Waals surface area contributed by atoms with E-state index in [0.29, 0.717) is 12.5 Å². The Bertz CT molecular complexity index is 816. The van der Waals surface area contributed by atoms with Crippen LogP contribution in [0.5, 0.6) is 0 Å². The second kappa shape index (κ2) is 7.98. The molecular weight excluding hydrogens is 369 g/mol. The van der Waals surface area contributed by atoms with E-state index in [2.05, 4.69) is 25.6 Å². The topological polar surface area (TPSA) is 75.6 Å². The molecule has 2 aromatic rings. The van der Waals surface area contributed by atoms with E-state index in [4.69, 9.17) is 4.98 Å². The zero-order chi connectivity index (χ0) is 20.4. The van der Waals surface area contributed by atoms with Gasteiger partial charge in [-0.3, -0.25) is 0 Å². The van der Waals surface area contributed by atoms with Crippen LogP contribution in [0.4, 0.5) is 19.0 Å². The Morgan fingerprint density at radius 3 is 2.54 bits per heavy atom. The van der Waals surface area contributed by atoms with Gasteiger partial charge in [-0.25, -0.2) is 19.9 Å². The van der Waals surface area contributed by atoms with Crippen LogP contribution >= 0.6 is 0 Å². The fourth-order valence-electron chi connectivity index (χ4n) is 3.42. The molecule has 0 unspecified atom stereocenters. The van der Waals surface area contributed by atoms with E-state index >= 15 is 0 Å². The van der Waals surface area contributed by atoms with Gasteiger partial charge in [0.15, 0.2) is 0 Å². The summed E-state index contributed by atoms with van der Waals surface area (Å²) in [6.45, 7) is 8.24. The van der Waals surface area contributed by atoms with Crippen molar-refractivity contribution in [3.8, 4) is 0 Å². The molecule has 0 amide bonds. The monoisotopic (exact) mass is 394 g/mol. The van der Waals surface area contributed by atoms with Gasteiger partial charge in [-0.1, -0.05) is 13.8 Å². The molecule has 0 aromatic carbocycles. The molecule has 0 saturated carbocycles. The number of alkyl halides is 3. The number of halogens is 3. The maximum atomic E-state index is 12.8. The quantitative estimate of drug-likeness (QED) is 0.809. The van der Waals surface area contributed by atoms with Gasteiger partial charge in [0.1, 0.15) is 11.6 Å². The number of hydrogen-bond donors (Lipinski definition) is 2. The molecule has 152 valence electrons.